The van der Waals surface area contributed by atoms with E-state index in [1.165, 1.54) is 56.1 Å². The van der Waals surface area contributed by atoms with Crippen molar-refractivity contribution in [2.24, 2.45) is 0 Å². The van der Waals surface area contributed by atoms with E-state index < -0.39 is 0 Å². The molecule has 0 aromatic heterocycles. The van der Waals surface area contributed by atoms with Crippen LogP contribution < -0.4 is 5.32 Å². The molecule has 108 valence electrons. The van der Waals surface area contributed by atoms with Gasteiger partial charge in [0, 0.05) is 6.04 Å². The SMILES string of the molecule is CCCNC(CCC)CCc1ccc(CCC)cc1. The number of nitrogens with one attached hydrogen (secondary N) is 1. The zero-order chi connectivity index (χ0) is 13.9. The molecule has 1 aromatic rings. The van der Waals surface area contributed by atoms with E-state index in [4.69, 9.17) is 0 Å². The standard InChI is InChI=1S/C18H31N/c1-4-7-16-9-11-17(12-10-16)13-14-18(8-5-2)19-15-6-3/h9-12,18-19H,4-8,13-15H2,1-3H3. The monoisotopic (exact) mass is 261 g/mol. The maximum absolute atomic E-state index is 3.67. The summed E-state index contributed by atoms with van der Waals surface area (Å²) in [6, 6.07) is 9.92. The van der Waals surface area contributed by atoms with Crippen LogP contribution in [0.5, 0.6) is 0 Å². The van der Waals surface area contributed by atoms with Gasteiger partial charge < -0.3 is 5.32 Å². The van der Waals surface area contributed by atoms with E-state index in [2.05, 4.69) is 50.4 Å². The van der Waals surface area contributed by atoms with Gasteiger partial charge in [-0.2, -0.15) is 0 Å². The quantitative estimate of drug-likeness (QED) is 0.641. The molecule has 19 heavy (non-hydrogen) atoms. The van der Waals surface area contributed by atoms with Gasteiger partial charge in [0.2, 0.25) is 0 Å². The zero-order valence-electron chi connectivity index (χ0n) is 13.0. The van der Waals surface area contributed by atoms with Crippen molar-refractivity contribution in [2.75, 3.05) is 6.54 Å². The molecular formula is C18H31N. The lowest BCUT2D eigenvalue weighted by atomic mass is 10.00. The van der Waals surface area contributed by atoms with Crippen LogP contribution >= 0.6 is 0 Å². The Morgan fingerprint density at radius 2 is 1.42 bits per heavy atom. The van der Waals surface area contributed by atoms with Gasteiger partial charge in [0.25, 0.3) is 0 Å². The van der Waals surface area contributed by atoms with E-state index in [-0.39, 0.29) is 0 Å². The Bertz CT molecular complexity index is 315. The van der Waals surface area contributed by atoms with Crippen LogP contribution in [-0.2, 0) is 12.8 Å². The summed E-state index contributed by atoms with van der Waals surface area (Å²) in [6.45, 7) is 7.91. The van der Waals surface area contributed by atoms with E-state index in [0.717, 1.165) is 6.54 Å². The first-order valence-corrected chi connectivity index (χ1v) is 8.11. The van der Waals surface area contributed by atoms with Crippen molar-refractivity contribution in [3.63, 3.8) is 0 Å². The Hall–Kier alpha value is -0.820. The lowest BCUT2D eigenvalue weighted by Gasteiger charge is -2.17. The average molecular weight is 261 g/mol. The van der Waals surface area contributed by atoms with E-state index >= 15 is 0 Å². The van der Waals surface area contributed by atoms with Gasteiger partial charge in [-0.3, -0.25) is 0 Å². The number of rotatable bonds is 10. The van der Waals surface area contributed by atoms with E-state index in [0.29, 0.717) is 6.04 Å². The lowest BCUT2D eigenvalue weighted by Crippen LogP contribution is -2.30. The Balaban J connectivity index is 2.39. The number of hydrogen-bond donors (Lipinski definition) is 1. The summed E-state index contributed by atoms with van der Waals surface area (Å²) in [5, 5.41) is 3.67. The highest BCUT2D eigenvalue weighted by atomic mass is 14.9. The second-order valence-electron chi connectivity index (χ2n) is 5.54. The minimum Gasteiger partial charge on any atom is -0.314 e. The Morgan fingerprint density at radius 3 is 1.95 bits per heavy atom. The van der Waals surface area contributed by atoms with Crippen molar-refractivity contribution in [2.45, 2.75) is 71.8 Å². The molecule has 1 atom stereocenters. The molecule has 0 heterocycles. The van der Waals surface area contributed by atoms with Gasteiger partial charge in [-0.25, -0.2) is 0 Å². The molecule has 0 saturated carbocycles. The molecule has 0 spiro atoms. The first kappa shape index (κ1) is 16.2. The maximum Gasteiger partial charge on any atom is 0.00701 e. The molecule has 0 aliphatic heterocycles. The molecule has 0 aliphatic rings. The van der Waals surface area contributed by atoms with Crippen molar-refractivity contribution in [3.8, 4) is 0 Å². The first-order valence-electron chi connectivity index (χ1n) is 8.11. The number of hydrogen-bond acceptors (Lipinski definition) is 1. The zero-order valence-corrected chi connectivity index (χ0v) is 13.0. The summed E-state index contributed by atoms with van der Waals surface area (Å²) < 4.78 is 0. The number of benzene rings is 1. The van der Waals surface area contributed by atoms with Crippen LogP contribution in [0.3, 0.4) is 0 Å². The largest absolute Gasteiger partial charge is 0.314 e. The second kappa shape index (κ2) is 10.0. The minimum atomic E-state index is 0.695. The molecule has 1 nitrogen and oxygen atoms in total. The predicted molar refractivity (Wildman–Crippen MR) is 85.7 cm³/mol. The van der Waals surface area contributed by atoms with Gasteiger partial charge in [-0.15, -0.1) is 0 Å². The molecule has 0 radical (unpaired) electrons. The van der Waals surface area contributed by atoms with E-state index in [9.17, 15) is 0 Å². The van der Waals surface area contributed by atoms with Crippen LogP contribution in [0, 0.1) is 0 Å². The highest BCUT2D eigenvalue weighted by Crippen LogP contribution is 2.11. The van der Waals surface area contributed by atoms with Crippen LogP contribution in [0.25, 0.3) is 0 Å². The molecule has 1 aromatic carbocycles. The summed E-state index contributed by atoms with van der Waals surface area (Å²) in [5.74, 6) is 0. The molecule has 0 amide bonds. The van der Waals surface area contributed by atoms with Crippen molar-refractivity contribution in [1.29, 1.82) is 0 Å². The van der Waals surface area contributed by atoms with Crippen LogP contribution in [0.15, 0.2) is 24.3 Å². The Kier molecular flexibility index (Phi) is 8.57. The van der Waals surface area contributed by atoms with Gasteiger partial charge in [0.1, 0.15) is 0 Å². The Morgan fingerprint density at radius 1 is 0.789 bits per heavy atom. The van der Waals surface area contributed by atoms with Gasteiger partial charge >= 0.3 is 0 Å². The summed E-state index contributed by atoms with van der Waals surface area (Å²) >= 11 is 0. The molecule has 1 heteroatoms. The van der Waals surface area contributed by atoms with Gasteiger partial charge in [-0.1, -0.05) is 57.9 Å². The fourth-order valence-corrected chi connectivity index (χ4v) is 2.55. The highest BCUT2D eigenvalue weighted by Gasteiger charge is 2.06. The fraction of sp³-hybridized carbons (Fsp3) is 0.667. The average Bonchev–Trinajstić information content (AvgIpc) is 2.44. The van der Waals surface area contributed by atoms with Crippen LogP contribution in [-0.4, -0.2) is 12.6 Å². The molecule has 0 saturated heterocycles. The highest BCUT2D eigenvalue weighted by molar-refractivity contribution is 5.22. The summed E-state index contributed by atoms with van der Waals surface area (Å²) in [7, 11) is 0. The third-order valence-corrected chi connectivity index (χ3v) is 3.66. The van der Waals surface area contributed by atoms with Crippen LogP contribution in [0.1, 0.15) is 64.0 Å². The third-order valence-electron chi connectivity index (χ3n) is 3.66. The smallest absolute Gasteiger partial charge is 0.00701 e. The molecule has 0 bridgehead atoms. The molecular weight excluding hydrogens is 230 g/mol. The topological polar surface area (TPSA) is 12.0 Å². The van der Waals surface area contributed by atoms with Gasteiger partial charge in [-0.05, 0) is 49.8 Å². The van der Waals surface area contributed by atoms with E-state index in [1.54, 1.807) is 0 Å². The maximum atomic E-state index is 3.67. The predicted octanol–water partition coefficient (Wildman–Crippen LogP) is 4.74. The van der Waals surface area contributed by atoms with Crippen molar-refractivity contribution in [1.82, 2.24) is 5.32 Å². The van der Waals surface area contributed by atoms with Crippen LogP contribution in [0.2, 0.25) is 0 Å². The summed E-state index contributed by atoms with van der Waals surface area (Å²) in [6.07, 6.45) is 8.71. The van der Waals surface area contributed by atoms with Crippen LogP contribution in [0.4, 0.5) is 0 Å². The minimum absolute atomic E-state index is 0.695. The second-order valence-corrected chi connectivity index (χ2v) is 5.54. The molecule has 1 N–H and O–H groups in total. The molecule has 1 rings (SSSR count). The fourth-order valence-electron chi connectivity index (χ4n) is 2.55. The van der Waals surface area contributed by atoms with Crippen molar-refractivity contribution >= 4 is 0 Å². The van der Waals surface area contributed by atoms with Gasteiger partial charge in [0.05, 0.1) is 0 Å². The third kappa shape index (κ3) is 6.77. The first-order chi connectivity index (χ1) is 9.30. The summed E-state index contributed by atoms with van der Waals surface area (Å²) in [4.78, 5) is 0. The molecule has 0 aliphatic carbocycles. The lowest BCUT2D eigenvalue weighted by molar-refractivity contribution is 0.449. The molecule has 0 fully saturated rings. The van der Waals surface area contributed by atoms with Gasteiger partial charge in [0.15, 0.2) is 0 Å². The number of aryl methyl sites for hydroxylation is 2. The summed E-state index contributed by atoms with van der Waals surface area (Å²) in [5.41, 5.74) is 2.96. The normalized spacial score (nSPS) is 12.6. The van der Waals surface area contributed by atoms with Crippen molar-refractivity contribution in [3.05, 3.63) is 35.4 Å². The Labute approximate surface area is 119 Å². The van der Waals surface area contributed by atoms with Crippen molar-refractivity contribution < 1.29 is 0 Å². The van der Waals surface area contributed by atoms with E-state index in [1.807, 2.05) is 0 Å². The molecule has 1 unspecified atom stereocenters.